The van der Waals surface area contributed by atoms with E-state index in [4.69, 9.17) is 10.5 Å². The van der Waals surface area contributed by atoms with Gasteiger partial charge in [-0.25, -0.2) is 9.18 Å². The highest BCUT2D eigenvalue weighted by molar-refractivity contribution is 9.10. The second-order valence-corrected chi connectivity index (χ2v) is 4.80. The largest absolute Gasteiger partial charge is 0.457 e. The minimum absolute atomic E-state index is 0.0204. The summed E-state index contributed by atoms with van der Waals surface area (Å²) in [5.41, 5.74) is 7.09. The first kappa shape index (κ1) is 13.5. The smallest absolute Gasteiger partial charge is 0.338 e. The molecule has 0 saturated heterocycles. The summed E-state index contributed by atoms with van der Waals surface area (Å²) in [4.78, 5) is 11.8. The standard InChI is InChI=1S/C14H11BrFNO2/c15-12-5-4-10(7-13(12)17)14(18)19-8-9-2-1-3-11(16)6-9/h1-7H,8,17H2. The number of nitrogen functional groups attached to an aromatic ring is 1. The van der Waals surface area contributed by atoms with E-state index >= 15 is 0 Å². The minimum atomic E-state index is -0.497. The Labute approximate surface area is 118 Å². The molecule has 0 unspecified atom stereocenters. The number of esters is 1. The predicted molar refractivity (Wildman–Crippen MR) is 74.1 cm³/mol. The van der Waals surface area contributed by atoms with Crippen LogP contribution in [0.15, 0.2) is 46.9 Å². The van der Waals surface area contributed by atoms with Crippen LogP contribution in [0, 0.1) is 5.82 Å². The van der Waals surface area contributed by atoms with E-state index in [0.29, 0.717) is 21.3 Å². The summed E-state index contributed by atoms with van der Waals surface area (Å²) in [6.45, 7) is 0.0204. The maximum atomic E-state index is 12.9. The zero-order valence-electron chi connectivity index (χ0n) is 9.90. The number of benzene rings is 2. The number of ether oxygens (including phenoxy) is 1. The van der Waals surface area contributed by atoms with Crippen LogP contribution in [0.4, 0.5) is 10.1 Å². The number of halogens is 2. The lowest BCUT2D eigenvalue weighted by molar-refractivity contribution is 0.0472. The lowest BCUT2D eigenvalue weighted by Crippen LogP contribution is -2.06. The Kier molecular flexibility index (Phi) is 4.16. The van der Waals surface area contributed by atoms with Gasteiger partial charge in [0.25, 0.3) is 0 Å². The highest BCUT2D eigenvalue weighted by Gasteiger charge is 2.09. The van der Waals surface area contributed by atoms with E-state index in [1.54, 1.807) is 24.3 Å². The molecule has 0 heterocycles. The van der Waals surface area contributed by atoms with Crippen molar-refractivity contribution in [1.82, 2.24) is 0 Å². The second-order valence-electron chi connectivity index (χ2n) is 3.94. The third-order valence-electron chi connectivity index (χ3n) is 2.49. The monoisotopic (exact) mass is 323 g/mol. The van der Waals surface area contributed by atoms with Gasteiger partial charge >= 0.3 is 5.97 Å². The first-order valence-corrected chi connectivity index (χ1v) is 6.32. The van der Waals surface area contributed by atoms with E-state index in [1.165, 1.54) is 18.2 Å². The van der Waals surface area contributed by atoms with Gasteiger partial charge in [-0.15, -0.1) is 0 Å². The van der Waals surface area contributed by atoms with Crippen molar-refractivity contribution in [3.05, 3.63) is 63.9 Å². The Hall–Kier alpha value is -1.88. The minimum Gasteiger partial charge on any atom is -0.457 e. The van der Waals surface area contributed by atoms with Gasteiger partial charge in [0.1, 0.15) is 12.4 Å². The Bertz CT molecular complexity index is 616. The van der Waals surface area contributed by atoms with E-state index in [-0.39, 0.29) is 12.4 Å². The maximum Gasteiger partial charge on any atom is 0.338 e. The van der Waals surface area contributed by atoms with Crippen LogP contribution in [0.5, 0.6) is 0 Å². The first-order chi connectivity index (χ1) is 9.06. The first-order valence-electron chi connectivity index (χ1n) is 5.53. The Morgan fingerprint density at radius 2 is 2.05 bits per heavy atom. The van der Waals surface area contributed by atoms with Gasteiger partial charge in [-0.05, 0) is 51.8 Å². The van der Waals surface area contributed by atoms with Gasteiger partial charge < -0.3 is 10.5 Å². The van der Waals surface area contributed by atoms with Crippen molar-refractivity contribution in [2.45, 2.75) is 6.61 Å². The number of anilines is 1. The van der Waals surface area contributed by atoms with Gasteiger partial charge in [0.05, 0.1) is 5.56 Å². The van der Waals surface area contributed by atoms with Crippen LogP contribution < -0.4 is 5.73 Å². The molecule has 0 aliphatic heterocycles. The molecule has 2 aromatic carbocycles. The summed E-state index contributed by atoms with van der Waals surface area (Å²) in [6, 6.07) is 10.7. The average Bonchev–Trinajstić information content (AvgIpc) is 2.39. The van der Waals surface area contributed by atoms with Crippen molar-refractivity contribution < 1.29 is 13.9 Å². The lowest BCUT2D eigenvalue weighted by Gasteiger charge is -2.06. The number of nitrogens with two attached hydrogens (primary N) is 1. The fraction of sp³-hybridized carbons (Fsp3) is 0.0714. The van der Waals surface area contributed by atoms with Crippen molar-refractivity contribution in [2.75, 3.05) is 5.73 Å². The van der Waals surface area contributed by atoms with Gasteiger partial charge in [0, 0.05) is 10.2 Å². The highest BCUT2D eigenvalue weighted by Crippen LogP contribution is 2.20. The van der Waals surface area contributed by atoms with Gasteiger partial charge in [-0.2, -0.15) is 0 Å². The van der Waals surface area contributed by atoms with Gasteiger partial charge in [-0.3, -0.25) is 0 Å². The SMILES string of the molecule is Nc1cc(C(=O)OCc2cccc(F)c2)ccc1Br. The summed E-state index contributed by atoms with van der Waals surface area (Å²) in [5.74, 6) is -0.857. The van der Waals surface area contributed by atoms with E-state index in [9.17, 15) is 9.18 Å². The number of rotatable bonds is 3. The van der Waals surface area contributed by atoms with Crippen LogP contribution in [-0.2, 0) is 11.3 Å². The third-order valence-corrected chi connectivity index (χ3v) is 3.21. The zero-order chi connectivity index (χ0) is 13.8. The van der Waals surface area contributed by atoms with Gasteiger partial charge in [0.15, 0.2) is 0 Å². The summed E-state index contributed by atoms with van der Waals surface area (Å²) in [7, 11) is 0. The van der Waals surface area contributed by atoms with Crippen molar-refractivity contribution in [2.24, 2.45) is 0 Å². The topological polar surface area (TPSA) is 52.3 Å². The zero-order valence-corrected chi connectivity index (χ0v) is 11.5. The van der Waals surface area contributed by atoms with Crippen LogP contribution in [-0.4, -0.2) is 5.97 Å². The molecule has 0 aliphatic rings. The molecule has 19 heavy (non-hydrogen) atoms. The number of hydrogen-bond acceptors (Lipinski definition) is 3. The van der Waals surface area contributed by atoms with Crippen molar-refractivity contribution in [3.63, 3.8) is 0 Å². The number of carbonyl (C=O) groups is 1. The molecule has 0 aliphatic carbocycles. The maximum absolute atomic E-state index is 12.9. The molecule has 2 N–H and O–H groups in total. The summed E-state index contributed by atoms with van der Waals surface area (Å²) in [6.07, 6.45) is 0. The Balaban J connectivity index is 2.03. The molecule has 2 aromatic rings. The van der Waals surface area contributed by atoms with E-state index < -0.39 is 5.97 Å². The van der Waals surface area contributed by atoms with Crippen molar-refractivity contribution >= 4 is 27.6 Å². The summed E-state index contributed by atoms with van der Waals surface area (Å²) in [5, 5.41) is 0. The molecule has 98 valence electrons. The molecule has 0 bridgehead atoms. The second kappa shape index (κ2) is 5.84. The molecule has 0 radical (unpaired) electrons. The molecular formula is C14H11BrFNO2. The van der Waals surface area contributed by atoms with E-state index in [2.05, 4.69) is 15.9 Å². The number of hydrogen-bond donors (Lipinski definition) is 1. The summed E-state index contributed by atoms with van der Waals surface area (Å²) < 4.78 is 18.8. The van der Waals surface area contributed by atoms with Gasteiger partial charge in [0.2, 0.25) is 0 Å². The van der Waals surface area contributed by atoms with Crippen LogP contribution in [0.1, 0.15) is 15.9 Å². The molecule has 0 saturated carbocycles. The van der Waals surface area contributed by atoms with E-state index in [0.717, 1.165) is 0 Å². The van der Waals surface area contributed by atoms with Crippen LogP contribution in [0.25, 0.3) is 0 Å². The highest BCUT2D eigenvalue weighted by atomic mass is 79.9. The van der Waals surface area contributed by atoms with Crippen molar-refractivity contribution in [3.8, 4) is 0 Å². The summed E-state index contributed by atoms with van der Waals surface area (Å²) >= 11 is 3.24. The van der Waals surface area contributed by atoms with Gasteiger partial charge in [-0.1, -0.05) is 12.1 Å². The fourth-order valence-electron chi connectivity index (χ4n) is 1.53. The molecule has 0 fully saturated rings. The molecule has 5 heteroatoms. The quantitative estimate of drug-likeness (QED) is 0.694. The molecule has 3 nitrogen and oxygen atoms in total. The molecule has 0 spiro atoms. The fourth-order valence-corrected chi connectivity index (χ4v) is 1.78. The molecular weight excluding hydrogens is 313 g/mol. The van der Waals surface area contributed by atoms with Crippen LogP contribution >= 0.6 is 15.9 Å². The average molecular weight is 324 g/mol. The molecule has 0 atom stereocenters. The van der Waals surface area contributed by atoms with E-state index in [1.807, 2.05) is 0 Å². The lowest BCUT2D eigenvalue weighted by atomic mass is 10.2. The van der Waals surface area contributed by atoms with Crippen LogP contribution in [0.2, 0.25) is 0 Å². The Morgan fingerprint density at radius 3 is 2.74 bits per heavy atom. The predicted octanol–water partition coefficient (Wildman–Crippen LogP) is 3.53. The number of carbonyl (C=O) groups excluding carboxylic acids is 1. The molecule has 0 amide bonds. The third kappa shape index (κ3) is 3.54. The van der Waals surface area contributed by atoms with Crippen LogP contribution in [0.3, 0.4) is 0 Å². The molecule has 2 rings (SSSR count). The van der Waals surface area contributed by atoms with Crippen molar-refractivity contribution in [1.29, 1.82) is 0 Å². The molecule has 0 aromatic heterocycles. The normalized spacial score (nSPS) is 10.2. The Morgan fingerprint density at radius 1 is 1.26 bits per heavy atom.